The number of thiophene rings is 1. The minimum absolute atomic E-state index is 0.198. The van der Waals surface area contributed by atoms with E-state index in [1.807, 2.05) is 23.1 Å². The smallest absolute Gasteiger partial charge is 0.240 e. The first-order valence-electron chi connectivity index (χ1n) is 10.3. The lowest BCUT2D eigenvalue weighted by molar-refractivity contribution is -0.129. The summed E-state index contributed by atoms with van der Waals surface area (Å²) in [7, 11) is 0. The van der Waals surface area contributed by atoms with Crippen LogP contribution in [0.15, 0.2) is 53.0 Å². The van der Waals surface area contributed by atoms with E-state index in [0.717, 1.165) is 48.9 Å². The number of aromatic nitrogens is 3. The van der Waals surface area contributed by atoms with Crippen LogP contribution in [0, 0.1) is 0 Å². The molecule has 0 unspecified atom stereocenters. The van der Waals surface area contributed by atoms with Crippen molar-refractivity contribution in [3.63, 3.8) is 0 Å². The monoisotopic (exact) mass is 424 g/mol. The highest BCUT2D eigenvalue weighted by Crippen LogP contribution is 2.43. The van der Waals surface area contributed by atoms with Crippen molar-refractivity contribution >= 4 is 29.0 Å². The maximum Gasteiger partial charge on any atom is 0.240 e. The van der Waals surface area contributed by atoms with Crippen molar-refractivity contribution in [2.75, 3.05) is 13.1 Å². The number of carbonyl (C=O) groups excluding carboxylic acids is 1. The van der Waals surface area contributed by atoms with E-state index >= 15 is 0 Å². The largest absolute Gasteiger partial charge is 0.341 e. The second-order valence-corrected chi connectivity index (χ2v) is 9.80. The van der Waals surface area contributed by atoms with Gasteiger partial charge >= 0.3 is 0 Å². The molecule has 1 aromatic carbocycles. The molecule has 3 aromatic rings. The summed E-state index contributed by atoms with van der Waals surface area (Å²) in [6.45, 7) is 1.73. The van der Waals surface area contributed by atoms with Gasteiger partial charge in [-0.2, -0.15) is 0 Å². The average molecular weight is 425 g/mol. The molecule has 0 radical (unpaired) electrons. The zero-order valence-corrected chi connectivity index (χ0v) is 17.9. The van der Waals surface area contributed by atoms with Gasteiger partial charge in [-0.05, 0) is 42.7 Å². The van der Waals surface area contributed by atoms with Crippen LogP contribution in [0.2, 0.25) is 0 Å². The summed E-state index contributed by atoms with van der Waals surface area (Å²) in [5.74, 6) is 1.21. The number of carbonyl (C=O) groups is 1. The molecule has 7 heteroatoms. The van der Waals surface area contributed by atoms with Crippen molar-refractivity contribution in [3.8, 4) is 0 Å². The number of rotatable bonds is 7. The molecule has 2 fully saturated rings. The Kier molecular flexibility index (Phi) is 5.42. The van der Waals surface area contributed by atoms with Crippen LogP contribution in [0.5, 0.6) is 0 Å². The van der Waals surface area contributed by atoms with E-state index in [2.05, 4.69) is 44.4 Å². The Morgan fingerprint density at radius 3 is 2.59 bits per heavy atom. The second kappa shape index (κ2) is 8.32. The first-order chi connectivity index (χ1) is 14.3. The van der Waals surface area contributed by atoms with Crippen LogP contribution < -0.4 is 0 Å². The van der Waals surface area contributed by atoms with Crippen LogP contribution in [0.25, 0.3) is 0 Å². The Hall–Kier alpha value is -2.12. The van der Waals surface area contributed by atoms with Gasteiger partial charge in [-0.3, -0.25) is 4.79 Å². The third-order valence-corrected chi connectivity index (χ3v) is 7.60. The maximum atomic E-state index is 13.4. The highest BCUT2D eigenvalue weighted by molar-refractivity contribution is 8.00. The standard InChI is InChI=1S/C22H24N4OS2/c27-21(25-12-4-5-13-25)20(16-7-2-1-3-8-16)29-22-24-23-19(26(22)17-10-11-17)15-18-9-6-14-28-18/h1-3,6-9,14,17,20H,4-5,10-13,15H2/t20-/m1/s1. The normalized spacial score (nSPS) is 17.6. The second-order valence-electron chi connectivity index (χ2n) is 7.70. The highest BCUT2D eigenvalue weighted by Gasteiger charge is 2.34. The Labute approximate surface area is 179 Å². The molecule has 1 amide bonds. The molecule has 2 aliphatic rings. The lowest BCUT2D eigenvalue weighted by Crippen LogP contribution is -2.31. The molecule has 29 heavy (non-hydrogen) atoms. The third kappa shape index (κ3) is 4.12. The molecule has 0 N–H and O–H groups in total. The van der Waals surface area contributed by atoms with Gasteiger partial charge in [0.15, 0.2) is 5.16 Å². The van der Waals surface area contributed by atoms with E-state index in [0.29, 0.717) is 6.04 Å². The van der Waals surface area contributed by atoms with E-state index in [9.17, 15) is 4.79 Å². The SMILES string of the molecule is O=C([C@H](Sc1nnc(Cc2cccs2)n1C1CC1)c1ccccc1)N1CCCC1. The molecule has 2 aromatic heterocycles. The number of likely N-dealkylation sites (tertiary alicyclic amines) is 1. The maximum absolute atomic E-state index is 13.4. The molecule has 5 rings (SSSR count). The number of benzene rings is 1. The number of hydrogen-bond acceptors (Lipinski definition) is 5. The number of amides is 1. The summed E-state index contributed by atoms with van der Waals surface area (Å²) in [6.07, 6.45) is 5.33. The molecule has 0 bridgehead atoms. The molecule has 1 atom stereocenters. The zero-order chi connectivity index (χ0) is 19.6. The Balaban J connectivity index is 1.45. The summed E-state index contributed by atoms with van der Waals surface area (Å²) < 4.78 is 2.29. The fourth-order valence-corrected chi connectivity index (χ4v) is 5.79. The Bertz CT molecular complexity index is 960. The van der Waals surface area contributed by atoms with Crippen molar-refractivity contribution in [1.82, 2.24) is 19.7 Å². The summed E-state index contributed by atoms with van der Waals surface area (Å²) in [4.78, 5) is 16.7. The van der Waals surface area contributed by atoms with Crippen LogP contribution in [0.3, 0.4) is 0 Å². The topological polar surface area (TPSA) is 51.0 Å². The van der Waals surface area contributed by atoms with Gasteiger partial charge in [-0.15, -0.1) is 21.5 Å². The molecule has 3 heterocycles. The van der Waals surface area contributed by atoms with Crippen molar-refractivity contribution in [1.29, 1.82) is 0 Å². The first-order valence-corrected chi connectivity index (χ1v) is 12.0. The Morgan fingerprint density at radius 1 is 1.10 bits per heavy atom. The zero-order valence-electron chi connectivity index (χ0n) is 16.2. The van der Waals surface area contributed by atoms with Gasteiger partial charge in [-0.25, -0.2) is 0 Å². The number of hydrogen-bond donors (Lipinski definition) is 0. The van der Waals surface area contributed by atoms with Crippen LogP contribution in [0.1, 0.15) is 53.2 Å². The predicted molar refractivity (Wildman–Crippen MR) is 116 cm³/mol. The van der Waals surface area contributed by atoms with E-state index in [-0.39, 0.29) is 11.2 Å². The molecule has 1 saturated heterocycles. The van der Waals surface area contributed by atoms with Crippen LogP contribution >= 0.6 is 23.1 Å². The predicted octanol–water partition coefficient (Wildman–Crippen LogP) is 4.72. The fraction of sp³-hybridized carbons (Fsp3) is 0.409. The Morgan fingerprint density at radius 2 is 1.90 bits per heavy atom. The minimum atomic E-state index is -0.273. The number of thioether (sulfide) groups is 1. The average Bonchev–Trinajstić information content (AvgIpc) is 3.17. The van der Waals surface area contributed by atoms with E-state index < -0.39 is 0 Å². The summed E-state index contributed by atoms with van der Waals surface area (Å²) in [6, 6.07) is 14.8. The molecular formula is C22H24N4OS2. The number of nitrogens with zero attached hydrogens (tertiary/aromatic N) is 4. The third-order valence-electron chi connectivity index (χ3n) is 5.53. The van der Waals surface area contributed by atoms with E-state index in [1.54, 1.807) is 23.1 Å². The summed E-state index contributed by atoms with van der Waals surface area (Å²) in [5, 5.41) is 11.8. The van der Waals surface area contributed by atoms with Gasteiger partial charge in [0.2, 0.25) is 5.91 Å². The van der Waals surface area contributed by atoms with Gasteiger partial charge in [-0.1, -0.05) is 48.2 Å². The molecule has 5 nitrogen and oxygen atoms in total. The van der Waals surface area contributed by atoms with E-state index in [4.69, 9.17) is 0 Å². The van der Waals surface area contributed by atoms with Crippen molar-refractivity contribution < 1.29 is 4.79 Å². The lowest BCUT2D eigenvalue weighted by Gasteiger charge is -2.23. The van der Waals surface area contributed by atoms with Crippen LogP contribution in [-0.4, -0.2) is 38.7 Å². The molecule has 1 aliphatic heterocycles. The van der Waals surface area contributed by atoms with Crippen molar-refractivity contribution in [2.24, 2.45) is 0 Å². The van der Waals surface area contributed by atoms with Gasteiger partial charge < -0.3 is 9.47 Å². The van der Waals surface area contributed by atoms with E-state index in [1.165, 1.54) is 17.7 Å². The minimum Gasteiger partial charge on any atom is -0.341 e. The highest BCUT2D eigenvalue weighted by atomic mass is 32.2. The van der Waals surface area contributed by atoms with Crippen LogP contribution in [-0.2, 0) is 11.2 Å². The van der Waals surface area contributed by atoms with Crippen LogP contribution in [0.4, 0.5) is 0 Å². The van der Waals surface area contributed by atoms with Crippen molar-refractivity contribution in [3.05, 3.63) is 64.1 Å². The lowest BCUT2D eigenvalue weighted by atomic mass is 10.1. The van der Waals surface area contributed by atoms with Gasteiger partial charge in [0.05, 0.1) is 0 Å². The summed E-state index contributed by atoms with van der Waals surface area (Å²) in [5.41, 5.74) is 1.04. The van der Waals surface area contributed by atoms with Gasteiger partial charge in [0, 0.05) is 30.4 Å². The van der Waals surface area contributed by atoms with Gasteiger partial charge in [0.1, 0.15) is 11.1 Å². The fourth-order valence-electron chi connectivity index (χ4n) is 3.87. The molecule has 150 valence electrons. The summed E-state index contributed by atoms with van der Waals surface area (Å²) >= 11 is 3.32. The quantitative estimate of drug-likeness (QED) is 0.515. The molecule has 0 spiro atoms. The molecule has 1 saturated carbocycles. The van der Waals surface area contributed by atoms with Crippen molar-refractivity contribution in [2.45, 2.75) is 48.6 Å². The molecule has 1 aliphatic carbocycles. The molecular weight excluding hydrogens is 400 g/mol. The first kappa shape index (κ1) is 18.9. The van der Waals surface area contributed by atoms with Gasteiger partial charge in [0.25, 0.3) is 0 Å².